The summed E-state index contributed by atoms with van der Waals surface area (Å²) in [5.74, 6) is 2.26. The number of carbonyl (C=O) groups excluding carboxylic acids is 2. The van der Waals surface area contributed by atoms with E-state index >= 15 is 0 Å². The van der Waals surface area contributed by atoms with Gasteiger partial charge in [0.05, 0.1) is 0 Å². The van der Waals surface area contributed by atoms with Crippen molar-refractivity contribution >= 4 is 12.0 Å². The largest absolute Gasteiger partial charge is 0.444 e. The molecule has 0 aromatic carbocycles. The maximum absolute atomic E-state index is 12.4. The molecule has 1 N–H and O–H groups in total. The molecule has 1 atom stereocenters. The lowest BCUT2D eigenvalue weighted by atomic mass is 9.72. The predicted molar refractivity (Wildman–Crippen MR) is 106 cm³/mol. The first-order valence-electron chi connectivity index (χ1n) is 10.9. The quantitative estimate of drug-likeness (QED) is 0.766. The summed E-state index contributed by atoms with van der Waals surface area (Å²) in [5, 5.41) is 3.25. The molecule has 0 bridgehead atoms. The Bertz CT molecular complexity index is 536. The molecule has 0 spiro atoms. The van der Waals surface area contributed by atoms with Gasteiger partial charge in [0, 0.05) is 25.6 Å². The van der Waals surface area contributed by atoms with Crippen LogP contribution in [0.4, 0.5) is 4.79 Å². The van der Waals surface area contributed by atoms with Gasteiger partial charge < -0.3 is 15.0 Å². The van der Waals surface area contributed by atoms with Crippen molar-refractivity contribution in [3.63, 3.8) is 0 Å². The SMILES string of the molecule is CC(=O)NC1(C[C@@H](C2CCCC2)C2CCN(C(=O)OC(C)(C)C)CC2)CC1. The number of nitrogens with one attached hydrogen (secondary N) is 1. The van der Waals surface area contributed by atoms with Gasteiger partial charge in [-0.15, -0.1) is 0 Å². The molecule has 3 fully saturated rings. The highest BCUT2D eigenvalue weighted by Crippen LogP contribution is 2.49. The molecule has 3 rings (SSSR count). The minimum atomic E-state index is -0.434. The average Bonchev–Trinajstić information content (AvgIpc) is 3.10. The van der Waals surface area contributed by atoms with Gasteiger partial charge in [-0.3, -0.25) is 4.79 Å². The van der Waals surface area contributed by atoms with Crippen molar-refractivity contribution in [1.29, 1.82) is 0 Å². The van der Waals surface area contributed by atoms with Crippen molar-refractivity contribution in [1.82, 2.24) is 10.2 Å². The van der Waals surface area contributed by atoms with E-state index in [2.05, 4.69) is 5.32 Å². The lowest BCUT2D eigenvalue weighted by Crippen LogP contribution is -2.45. The average molecular weight is 379 g/mol. The predicted octanol–water partition coefficient (Wildman–Crippen LogP) is 4.50. The maximum Gasteiger partial charge on any atom is 0.410 e. The Hall–Kier alpha value is -1.26. The number of likely N-dealkylation sites (tertiary alicyclic amines) is 1. The lowest BCUT2D eigenvalue weighted by molar-refractivity contribution is -0.120. The topological polar surface area (TPSA) is 58.6 Å². The highest BCUT2D eigenvalue weighted by Gasteiger charge is 2.48. The Morgan fingerprint density at radius 3 is 2.11 bits per heavy atom. The Labute approximate surface area is 164 Å². The molecular formula is C22H38N2O3. The number of carbonyl (C=O) groups is 2. The summed E-state index contributed by atoms with van der Waals surface area (Å²) in [5.41, 5.74) is -0.363. The van der Waals surface area contributed by atoms with Crippen LogP contribution in [-0.4, -0.2) is 41.1 Å². The lowest BCUT2D eigenvalue weighted by Gasteiger charge is -2.40. The van der Waals surface area contributed by atoms with Crippen LogP contribution in [0.3, 0.4) is 0 Å². The normalized spacial score (nSPS) is 24.5. The molecule has 1 heterocycles. The van der Waals surface area contributed by atoms with Gasteiger partial charge in [0.25, 0.3) is 0 Å². The number of piperidine rings is 1. The second kappa shape index (κ2) is 8.00. The number of rotatable bonds is 5. The first-order chi connectivity index (χ1) is 12.7. The Balaban J connectivity index is 1.59. The summed E-state index contributed by atoms with van der Waals surface area (Å²) in [7, 11) is 0. The number of amides is 2. The summed E-state index contributed by atoms with van der Waals surface area (Å²) in [6.07, 6.45) is 10.7. The number of nitrogens with zero attached hydrogens (tertiary/aromatic N) is 1. The molecule has 2 saturated carbocycles. The van der Waals surface area contributed by atoms with E-state index in [-0.39, 0.29) is 17.5 Å². The van der Waals surface area contributed by atoms with E-state index in [4.69, 9.17) is 4.74 Å². The molecule has 1 aliphatic heterocycles. The summed E-state index contributed by atoms with van der Waals surface area (Å²) >= 11 is 0. The third-order valence-corrected chi connectivity index (χ3v) is 6.72. The number of ether oxygens (including phenoxy) is 1. The van der Waals surface area contributed by atoms with Gasteiger partial charge in [-0.2, -0.15) is 0 Å². The molecule has 0 unspecified atom stereocenters. The van der Waals surface area contributed by atoms with Crippen molar-refractivity contribution in [3.8, 4) is 0 Å². The van der Waals surface area contributed by atoms with Crippen LogP contribution in [0.25, 0.3) is 0 Å². The molecule has 27 heavy (non-hydrogen) atoms. The molecular weight excluding hydrogens is 340 g/mol. The molecule has 0 radical (unpaired) electrons. The van der Waals surface area contributed by atoms with Gasteiger partial charge in [-0.25, -0.2) is 4.79 Å². The van der Waals surface area contributed by atoms with Crippen molar-refractivity contribution in [2.45, 2.75) is 96.6 Å². The Morgan fingerprint density at radius 2 is 1.63 bits per heavy atom. The molecule has 0 aromatic heterocycles. The van der Waals surface area contributed by atoms with E-state index in [9.17, 15) is 9.59 Å². The molecule has 1 saturated heterocycles. The first-order valence-corrected chi connectivity index (χ1v) is 10.9. The Morgan fingerprint density at radius 1 is 1.07 bits per heavy atom. The van der Waals surface area contributed by atoms with Gasteiger partial charge >= 0.3 is 6.09 Å². The van der Waals surface area contributed by atoms with Crippen LogP contribution >= 0.6 is 0 Å². The van der Waals surface area contributed by atoms with Crippen LogP contribution in [0, 0.1) is 17.8 Å². The molecule has 5 nitrogen and oxygen atoms in total. The van der Waals surface area contributed by atoms with Crippen LogP contribution in [-0.2, 0) is 9.53 Å². The number of hydrogen-bond donors (Lipinski definition) is 1. The van der Waals surface area contributed by atoms with Crippen molar-refractivity contribution < 1.29 is 14.3 Å². The molecule has 3 aliphatic rings. The van der Waals surface area contributed by atoms with Crippen molar-refractivity contribution in [2.75, 3.05) is 13.1 Å². The van der Waals surface area contributed by atoms with E-state index in [1.165, 1.54) is 25.7 Å². The van der Waals surface area contributed by atoms with Crippen molar-refractivity contribution in [3.05, 3.63) is 0 Å². The minimum absolute atomic E-state index is 0.0708. The number of hydrogen-bond acceptors (Lipinski definition) is 3. The van der Waals surface area contributed by atoms with E-state index in [1.54, 1.807) is 6.92 Å². The monoisotopic (exact) mass is 378 g/mol. The fourth-order valence-corrected chi connectivity index (χ4v) is 5.30. The molecule has 2 amide bonds. The minimum Gasteiger partial charge on any atom is -0.444 e. The summed E-state index contributed by atoms with van der Waals surface area (Å²) in [6, 6.07) is 0. The van der Waals surface area contributed by atoms with Gasteiger partial charge in [0.15, 0.2) is 0 Å². The summed E-state index contributed by atoms with van der Waals surface area (Å²) in [6.45, 7) is 9.01. The van der Waals surface area contributed by atoms with Crippen LogP contribution in [0.1, 0.15) is 85.5 Å². The van der Waals surface area contributed by atoms with Crippen LogP contribution in [0.5, 0.6) is 0 Å². The second-order valence-electron chi connectivity index (χ2n) is 10.2. The van der Waals surface area contributed by atoms with Crippen LogP contribution in [0.15, 0.2) is 0 Å². The zero-order valence-electron chi connectivity index (χ0n) is 17.7. The van der Waals surface area contributed by atoms with Gasteiger partial charge in [0.2, 0.25) is 5.91 Å². The highest BCUT2D eigenvalue weighted by atomic mass is 16.6. The molecule has 2 aliphatic carbocycles. The van der Waals surface area contributed by atoms with E-state index < -0.39 is 5.60 Å². The third-order valence-electron chi connectivity index (χ3n) is 6.72. The fourth-order valence-electron chi connectivity index (χ4n) is 5.30. The first kappa shape index (κ1) is 20.5. The molecule has 5 heteroatoms. The fraction of sp³-hybridized carbons (Fsp3) is 0.909. The van der Waals surface area contributed by atoms with Gasteiger partial charge in [0.1, 0.15) is 5.60 Å². The molecule has 0 aromatic rings. The standard InChI is InChI=1S/C22H38N2O3/c1-16(25)23-22(11-12-22)15-19(17-7-5-6-8-17)18-9-13-24(14-10-18)20(26)27-21(2,3)4/h17-19H,5-15H2,1-4H3,(H,23,25)/t19-/m0/s1. The molecule has 154 valence electrons. The van der Waals surface area contributed by atoms with Crippen LogP contribution in [0.2, 0.25) is 0 Å². The van der Waals surface area contributed by atoms with Crippen LogP contribution < -0.4 is 5.32 Å². The van der Waals surface area contributed by atoms with E-state index in [0.717, 1.165) is 51.1 Å². The smallest absolute Gasteiger partial charge is 0.410 e. The highest BCUT2D eigenvalue weighted by molar-refractivity contribution is 5.74. The van der Waals surface area contributed by atoms with Crippen molar-refractivity contribution in [2.24, 2.45) is 17.8 Å². The third kappa shape index (κ3) is 5.61. The van der Waals surface area contributed by atoms with E-state index in [1.807, 2.05) is 25.7 Å². The zero-order valence-corrected chi connectivity index (χ0v) is 17.7. The Kier molecular flexibility index (Phi) is 6.07. The van der Waals surface area contributed by atoms with Gasteiger partial charge in [-0.1, -0.05) is 25.7 Å². The maximum atomic E-state index is 12.4. The zero-order chi connectivity index (χ0) is 19.7. The second-order valence-corrected chi connectivity index (χ2v) is 10.2. The van der Waals surface area contributed by atoms with E-state index in [0.29, 0.717) is 11.8 Å². The van der Waals surface area contributed by atoms with Gasteiger partial charge in [-0.05, 0) is 70.6 Å². The summed E-state index contributed by atoms with van der Waals surface area (Å²) < 4.78 is 5.55. The summed E-state index contributed by atoms with van der Waals surface area (Å²) in [4.78, 5) is 25.9.